The molecule has 0 radical (unpaired) electrons. The molecule has 0 aromatic carbocycles. The SMILES string of the molecule is CC(C)(C)NC(CCCCN)C(N)=O. The Morgan fingerprint density at radius 3 is 2.29 bits per heavy atom. The Labute approximate surface area is 86.4 Å². The number of hydrogen-bond donors (Lipinski definition) is 3. The summed E-state index contributed by atoms with van der Waals surface area (Å²) in [5, 5.41) is 3.20. The molecule has 4 heteroatoms. The summed E-state index contributed by atoms with van der Waals surface area (Å²) in [6, 6.07) is -0.235. The number of carbonyl (C=O) groups excluding carboxylic acids is 1. The molecule has 0 saturated heterocycles. The van der Waals surface area contributed by atoms with Crippen molar-refractivity contribution in [1.82, 2.24) is 5.32 Å². The zero-order chi connectivity index (χ0) is 11.2. The van der Waals surface area contributed by atoms with Crippen LogP contribution in [0, 0.1) is 0 Å². The minimum absolute atomic E-state index is 0.0809. The van der Waals surface area contributed by atoms with Crippen LogP contribution < -0.4 is 16.8 Å². The van der Waals surface area contributed by atoms with E-state index < -0.39 is 0 Å². The molecule has 84 valence electrons. The van der Waals surface area contributed by atoms with Crippen molar-refractivity contribution in [2.45, 2.75) is 51.6 Å². The lowest BCUT2D eigenvalue weighted by Gasteiger charge is -2.26. The van der Waals surface area contributed by atoms with Gasteiger partial charge in [0.15, 0.2) is 0 Å². The summed E-state index contributed by atoms with van der Waals surface area (Å²) in [5.74, 6) is -0.281. The monoisotopic (exact) mass is 201 g/mol. The van der Waals surface area contributed by atoms with Crippen LogP contribution in [0.25, 0.3) is 0 Å². The van der Waals surface area contributed by atoms with Crippen LogP contribution in [0.5, 0.6) is 0 Å². The summed E-state index contributed by atoms with van der Waals surface area (Å²) in [6.07, 6.45) is 2.65. The van der Waals surface area contributed by atoms with Crippen LogP contribution in [-0.2, 0) is 4.79 Å². The Kier molecular flexibility index (Phi) is 5.72. The average molecular weight is 201 g/mol. The second kappa shape index (κ2) is 5.98. The lowest BCUT2D eigenvalue weighted by Crippen LogP contribution is -2.50. The molecule has 0 fully saturated rings. The van der Waals surface area contributed by atoms with Crippen LogP contribution in [0.15, 0.2) is 0 Å². The van der Waals surface area contributed by atoms with Gasteiger partial charge in [0, 0.05) is 5.54 Å². The first kappa shape index (κ1) is 13.4. The fourth-order valence-electron chi connectivity index (χ4n) is 1.30. The fourth-order valence-corrected chi connectivity index (χ4v) is 1.30. The largest absolute Gasteiger partial charge is 0.368 e. The molecule has 0 aromatic rings. The van der Waals surface area contributed by atoms with E-state index in [9.17, 15) is 4.79 Å². The van der Waals surface area contributed by atoms with E-state index in [2.05, 4.69) is 5.32 Å². The standard InChI is InChI=1S/C10H23N3O/c1-10(2,3)13-8(9(12)14)6-4-5-7-11/h8,13H,4-7,11H2,1-3H3,(H2,12,14). The molecule has 1 atom stereocenters. The van der Waals surface area contributed by atoms with E-state index in [-0.39, 0.29) is 17.5 Å². The predicted octanol–water partition coefficient (Wildman–Crippen LogP) is 0.357. The van der Waals surface area contributed by atoms with E-state index in [0.717, 1.165) is 19.3 Å². The third-order valence-electron chi connectivity index (χ3n) is 1.90. The van der Waals surface area contributed by atoms with E-state index in [1.165, 1.54) is 0 Å². The van der Waals surface area contributed by atoms with Crippen LogP contribution >= 0.6 is 0 Å². The number of primary amides is 1. The highest BCUT2D eigenvalue weighted by Gasteiger charge is 2.20. The Morgan fingerprint density at radius 1 is 1.36 bits per heavy atom. The Bertz CT molecular complexity index is 175. The highest BCUT2D eigenvalue weighted by Crippen LogP contribution is 2.06. The summed E-state index contributed by atoms with van der Waals surface area (Å²) < 4.78 is 0. The molecular formula is C10H23N3O. The molecular weight excluding hydrogens is 178 g/mol. The molecule has 0 saturated carbocycles. The van der Waals surface area contributed by atoms with Crippen molar-refractivity contribution in [3.05, 3.63) is 0 Å². The van der Waals surface area contributed by atoms with Crippen molar-refractivity contribution in [3.63, 3.8) is 0 Å². The van der Waals surface area contributed by atoms with Crippen LogP contribution in [0.1, 0.15) is 40.0 Å². The maximum atomic E-state index is 11.1. The van der Waals surface area contributed by atoms with Gasteiger partial charge in [0.05, 0.1) is 6.04 Å². The molecule has 0 heterocycles. The third-order valence-corrected chi connectivity index (χ3v) is 1.90. The van der Waals surface area contributed by atoms with E-state index >= 15 is 0 Å². The normalized spacial score (nSPS) is 14.0. The number of hydrogen-bond acceptors (Lipinski definition) is 3. The summed E-state index contributed by atoms with van der Waals surface area (Å²) in [4.78, 5) is 11.1. The Hall–Kier alpha value is -0.610. The van der Waals surface area contributed by atoms with Gasteiger partial charge in [-0.25, -0.2) is 0 Å². The second-order valence-corrected chi connectivity index (χ2v) is 4.63. The van der Waals surface area contributed by atoms with Gasteiger partial charge in [0.2, 0.25) is 5.91 Å². The number of unbranched alkanes of at least 4 members (excludes halogenated alkanes) is 1. The van der Waals surface area contributed by atoms with Crippen LogP contribution in [0.2, 0.25) is 0 Å². The van der Waals surface area contributed by atoms with Gasteiger partial charge in [-0.15, -0.1) is 0 Å². The van der Waals surface area contributed by atoms with Gasteiger partial charge in [-0.05, 0) is 40.2 Å². The summed E-state index contributed by atoms with van der Waals surface area (Å²) in [6.45, 7) is 6.73. The van der Waals surface area contributed by atoms with Crippen molar-refractivity contribution < 1.29 is 4.79 Å². The summed E-state index contributed by atoms with van der Waals surface area (Å²) >= 11 is 0. The maximum Gasteiger partial charge on any atom is 0.234 e. The van der Waals surface area contributed by atoms with Gasteiger partial charge in [-0.1, -0.05) is 6.42 Å². The van der Waals surface area contributed by atoms with Gasteiger partial charge in [0.1, 0.15) is 0 Å². The number of carbonyl (C=O) groups is 1. The minimum atomic E-state index is -0.281. The van der Waals surface area contributed by atoms with Crippen LogP contribution in [-0.4, -0.2) is 24.0 Å². The van der Waals surface area contributed by atoms with E-state index in [4.69, 9.17) is 11.5 Å². The molecule has 0 spiro atoms. The number of amides is 1. The van der Waals surface area contributed by atoms with Gasteiger partial charge < -0.3 is 16.8 Å². The maximum absolute atomic E-state index is 11.1. The van der Waals surface area contributed by atoms with Crippen LogP contribution in [0.3, 0.4) is 0 Å². The topological polar surface area (TPSA) is 81.1 Å². The van der Waals surface area contributed by atoms with Gasteiger partial charge in [0.25, 0.3) is 0 Å². The number of nitrogens with two attached hydrogens (primary N) is 2. The van der Waals surface area contributed by atoms with Crippen molar-refractivity contribution in [3.8, 4) is 0 Å². The minimum Gasteiger partial charge on any atom is -0.368 e. The Balaban J connectivity index is 3.97. The van der Waals surface area contributed by atoms with E-state index in [1.54, 1.807) is 0 Å². The lowest BCUT2D eigenvalue weighted by atomic mass is 10.0. The van der Waals surface area contributed by atoms with Gasteiger partial charge in [-0.3, -0.25) is 4.79 Å². The van der Waals surface area contributed by atoms with Crippen LogP contribution in [0.4, 0.5) is 0 Å². The molecule has 0 aliphatic carbocycles. The first-order valence-electron chi connectivity index (χ1n) is 5.14. The predicted molar refractivity (Wildman–Crippen MR) is 58.8 cm³/mol. The van der Waals surface area contributed by atoms with E-state index in [1.807, 2.05) is 20.8 Å². The molecule has 0 aliphatic rings. The summed E-state index contributed by atoms with van der Waals surface area (Å²) in [7, 11) is 0. The molecule has 4 nitrogen and oxygen atoms in total. The highest BCUT2D eigenvalue weighted by molar-refractivity contribution is 5.79. The number of nitrogens with one attached hydrogen (secondary N) is 1. The molecule has 14 heavy (non-hydrogen) atoms. The van der Waals surface area contributed by atoms with Crippen molar-refractivity contribution in [2.75, 3.05) is 6.54 Å². The Morgan fingerprint density at radius 2 is 1.93 bits per heavy atom. The summed E-state index contributed by atoms with van der Waals surface area (Å²) in [5.41, 5.74) is 10.6. The molecule has 0 bridgehead atoms. The first-order valence-corrected chi connectivity index (χ1v) is 5.14. The zero-order valence-corrected chi connectivity index (χ0v) is 9.47. The zero-order valence-electron chi connectivity index (χ0n) is 9.47. The molecule has 0 aliphatic heterocycles. The first-order chi connectivity index (χ1) is 6.37. The fraction of sp³-hybridized carbons (Fsp3) is 0.900. The average Bonchev–Trinajstić information content (AvgIpc) is 2.00. The van der Waals surface area contributed by atoms with Gasteiger partial charge >= 0.3 is 0 Å². The molecule has 1 amide bonds. The van der Waals surface area contributed by atoms with Crippen molar-refractivity contribution >= 4 is 5.91 Å². The second-order valence-electron chi connectivity index (χ2n) is 4.63. The smallest absolute Gasteiger partial charge is 0.234 e. The molecule has 5 N–H and O–H groups in total. The number of rotatable bonds is 6. The van der Waals surface area contributed by atoms with Crippen molar-refractivity contribution in [1.29, 1.82) is 0 Å². The molecule has 1 unspecified atom stereocenters. The molecule has 0 rings (SSSR count). The highest BCUT2D eigenvalue weighted by atomic mass is 16.1. The van der Waals surface area contributed by atoms with Crippen molar-refractivity contribution in [2.24, 2.45) is 11.5 Å². The molecule has 0 aromatic heterocycles. The lowest BCUT2D eigenvalue weighted by molar-refractivity contribution is -0.120. The third kappa shape index (κ3) is 6.86. The quantitative estimate of drug-likeness (QED) is 0.543. The van der Waals surface area contributed by atoms with E-state index in [0.29, 0.717) is 6.54 Å². The van der Waals surface area contributed by atoms with Gasteiger partial charge in [-0.2, -0.15) is 0 Å².